The molecule has 7 heteroatoms. The summed E-state index contributed by atoms with van der Waals surface area (Å²) in [5, 5.41) is 25.0. The van der Waals surface area contributed by atoms with Crippen molar-refractivity contribution in [1.29, 1.82) is 0 Å². The van der Waals surface area contributed by atoms with Crippen molar-refractivity contribution in [3.63, 3.8) is 0 Å². The molecule has 1 aliphatic rings. The summed E-state index contributed by atoms with van der Waals surface area (Å²) in [6, 6.07) is 10.5. The molecule has 0 radical (unpaired) electrons. The van der Waals surface area contributed by atoms with E-state index in [1.807, 2.05) is 30.3 Å². The van der Waals surface area contributed by atoms with Gasteiger partial charge in [-0.15, -0.1) is 0 Å². The van der Waals surface area contributed by atoms with Crippen LogP contribution in [0.15, 0.2) is 30.3 Å². The molecule has 1 atom stereocenters. The van der Waals surface area contributed by atoms with E-state index in [0.717, 1.165) is 25.2 Å². The number of likely N-dealkylation sites (tertiary alicyclic amines) is 1. The molecule has 2 rings (SSSR count). The average Bonchev–Trinajstić information content (AvgIpc) is 2.56. The number of rotatable bonds is 4. The summed E-state index contributed by atoms with van der Waals surface area (Å²) in [6.45, 7) is 3.05. The highest BCUT2D eigenvalue weighted by molar-refractivity contribution is 6.27. The van der Waals surface area contributed by atoms with Crippen LogP contribution in [0.4, 0.5) is 0 Å². The molecule has 0 spiro atoms. The minimum atomic E-state index is -1.82. The fourth-order valence-corrected chi connectivity index (χ4v) is 2.64. The Bertz CT molecular complexity index is 503. The normalized spacial score (nSPS) is 17.0. The summed E-state index contributed by atoms with van der Waals surface area (Å²) in [7, 11) is 4.30. The van der Waals surface area contributed by atoms with Gasteiger partial charge in [0, 0.05) is 12.6 Å². The van der Waals surface area contributed by atoms with Crippen molar-refractivity contribution in [3.05, 3.63) is 35.9 Å². The summed E-state index contributed by atoms with van der Waals surface area (Å²) in [5.74, 6) is -3.65. The summed E-state index contributed by atoms with van der Waals surface area (Å²) < 4.78 is 0. The second kappa shape index (κ2) is 10.0. The molecule has 1 aromatic rings. The molecule has 1 fully saturated rings. The fraction of sp³-hybridized carbons (Fsp3) is 0.529. The minimum absolute atomic E-state index is 0.379. The maximum Gasteiger partial charge on any atom is 0.414 e. The van der Waals surface area contributed by atoms with Gasteiger partial charge in [-0.05, 0) is 45.6 Å². The van der Waals surface area contributed by atoms with Crippen LogP contribution in [0.2, 0.25) is 0 Å². The molecule has 0 aromatic heterocycles. The van der Waals surface area contributed by atoms with Crippen LogP contribution < -0.4 is 0 Å². The molecular formula is C17H26N2O5. The molecule has 24 heavy (non-hydrogen) atoms. The first-order valence-electron chi connectivity index (χ1n) is 7.89. The van der Waals surface area contributed by atoms with E-state index >= 15 is 0 Å². The Morgan fingerprint density at radius 3 is 2.12 bits per heavy atom. The third-order valence-electron chi connectivity index (χ3n) is 4.14. The molecule has 1 unspecified atom stereocenters. The van der Waals surface area contributed by atoms with Crippen molar-refractivity contribution in [2.24, 2.45) is 0 Å². The monoisotopic (exact) mass is 338 g/mol. The first-order valence-corrected chi connectivity index (χ1v) is 7.89. The third kappa shape index (κ3) is 7.08. The maximum absolute atomic E-state index is 10.2. The number of carboxylic acids is 2. The summed E-state index contributed by atoms with van der Waals surface area (Å²) in [6.07, 6.45) is 2.03. The lowest BCUT2D eigenvalue weighted by atomic mass is 10.0. The van der Waals surface area contributed by atoms with E-state index in [-0.39, 0.29) is 6.10 Å². The van der Waals surface area contributed by atoms with Crippen LogP contribution in [0.1, 0.15) is 24.5 Å². The summed E-state index contributed by atoms with van der Waals surface area (Å²) in [4.78, 5) is 22.9. The van der Waals surface area contributed by atoms with Crippen LogP contribution in [-0.2, 0) is 9.59 Å². The van der Waals surface area contributed by atoms with Gasteiger partial charge in [-0.2, -0.15) is 0 Å². The number of aliphatic carboxylic acids is 2. The standard InChI is InChI=1S/C15H24N2O.C2H2O4/c1-16-10-8-14(9-11-16)17(2)12-15(18)13-6-4-3-5-7-13;3-1(4)2(5)6/h3-7,14-15,18H,8-12H2,1-2H3;(H,3,4)(H,5,6). The second-order valence-corrected chi connectivity index (χ2v) is 6.01. The third-order valence-corrected chi connectivity index (χ3v) is 4.14. The Labute approximate surface area is 142 Å². The van der Waals surface area contributed by atoms with Gasteiger partial charge in [0.05, 0.1) is 6.10 Å². The lowest BCUT2D eigenvalue weighted by molar-refractivity contribution is -0.159. The SMILES string of the molecule is CN1CCC(N(C)CC(O)c2ccccc2)CC1.O=C(O)C(=O)O. The van der Waals surface area contributed by atoms with Gasteiger partial charge >= 0.3 is 11.9 Å². The number of carboxylic acid groups (broad SMARTS) is 2. The van der Waals surface area contributed by atoms with Crippen LogP contribution >= 0.6 is 0 Å². The van der Waals surface area contributed by atoms with Gasteiger partial charge < -0.3 is 25.1 Å². The van der Waals surface area contributed by atoms with E-state index < -0.39 is 11.9 Å². The number of likely N-dealkylation sites (N-methyl/N-ethyl adjacent to an activating group) is 1. The Hall–Kier alpha value is -1.96. The van der Waals surface area contributed by atoms with Gasteiger partial charge in [-0.3, -0.25) is 0 Å². The zero-order valence-electron chi connectivity index (χ0n) is 14.1. The number of piperidine rings is 1. The second-order valence-electron chi connectivity index (χ2n) is 6.01. The molecule has 0 aliphatic carbocycles. The molecule has 0 bridgehead atoms. The molecule has 0 amide bonds. The number of hydrogen-bond donors (Lipinski definition) is 3. The molecule has 7 nitrogen and oxygen atoms in total. The Balaban J connectivity index is 0.000000413. The van der Waals surface area contributed by atoms with Crippen LogP contribution in [0.5, 0.6) is 0 Å². The average molecular weight is 338 g/mol. The topological polar surface area (TPSA) is 101 Å². The number of hydrogen-bond acceptors (Lipinski definition) is 5. The van der Waals surface area contributed by atoms with Crippen molar-refractivity contribution >= 4 is 11.9 Å². The highest BCUT2D eigenvalue weighted by Gasteiger charge is 2.22. The van der Waals surface area contributed by atoms with Gasteiger partial charge in [0.1, 0.15) is 0 Å². The Morgan fingerprint density at radius 2 is 1.67 bits per heavy atom. The molecule has 1 aliphatic heterocycles. The highest BCUT2D eigenvalue weighted by atomic mass is 16.4. The van der Waals surface area contributed by atoms with Gasteiger partial charge in [0.2, 0.25) is 0 Å². The van der Waals surface area contributed by atoms with E-state index in [1.165, 1.54) is 12.8 Å². The van der Waals surface area contributed by atoms with Crippen LogP contribution in [-0.4, -0.2) is 76.8 Å². The molecular weight excluding hydrogens is 312 g/mol. The largest absolute Gasteiger partial charge is 0.473 e. The zero-order valence-corrected chi connectivity index (χ0v) is 14.1. The molecule has 134 valence electrons. The lowest BCUT2D eigenvalue weighted by Crippen LogP contribution is -2.43. The van der Waals surface area contributed by atoms with Gasteiger partial charge in [0.15, 0.2) is 0 Å². The van der Waals surface area contributed by atoms with E-state index in [9.17, 15) is 5.11 Å². The smallest absolute Gasteiger partial charge is 0.414 e. The number of aliphatic hydroxyl groups is 1. The number of carbonyl (C=O) groups is 2. The quantitative estimate of drug-likeness (QED) is 0.701. The van der Waals surface area contributed by atoms with Crippen LogP contribution in [0.25, 0.3) is 0 Å². The number of benzene rings is 1. The molecule has 1 heterocycles. The van der Waals surface area contributed by atoms with E-state index in [1.54, 1.807) is 0 Å². The van der Waals surface area contributed by atoms with Crippen molar-refractivity contribution in [2.75, 3.05) is 33.7 Å². The molecule has 3 N–H and O–H groups in total. The van der Waals surface area contributed by atoms with Crippen LogP contribution in [0.3, 0.4) is 0 Å². The molecule has 0 saturated carbocycles. The van der Waals surface area contributed by atoms with Crippen LogP contribution in [0, 0.1) is 0 Å². The number of nitrogens with zero attached hydrogens (tertiary/aromatic N) is 2. The number of aliphatic hydroxyl groups excluding tert-OH is 1. The van der Waals surface area contributed by atoms with Gasteiger partial charge in [0.25, 0.3) is 0 Å². The van der Waals surface area contributed by atoms with Gasteiger partial charge in [-0.1, -0.05) is 30.3 Å². The molecule has 1 saturated heterocycles. The van der Waals surface area contributed by atoms with E-state index in [0.29, 0.717) is 6.04 Å². The van der Waals surface area contributed by atoms with Crippen molar-refractivity contribution in [2.45, 2.75) is 25.0 Å². The fourth-order valence-electron chi connectivity index (χ4n) is 2.64. The van der Waals surface area contributed by atoms with E-state index in [2.05, 4.69) is 23.9 Å². The summed E-state index contributed by atoms with van der Waals surface area (Å²) >= 11 is 0. The Kier molecular flexibility index (Phi) is 8.39. The van der Waals surface area contributed by atoms with Crippen molar-refractivity contribution in [3.8, 4) is 0 Å². The first kappa shape index (κ1) is 20.1. The summed E-state index contributed by atoms with van der Waals surface area (Å²) in [5.41, 5.74) is 1.01. The predicted molar refractivity (Wildman–Crippen MR) is 89.8 cm³/mol. The van der Waals surface area contributed by atoms with Crippen molar-refractivity contribution in [1.82, 2.24) is 9.80 Å². The molecule has 1 aromatic carbocycles. The van der Waals surface area contributed by atoms with Crippen molar-refractivity contribution < 1.29 is 24.9 Å². The predicted octanol–water partition coefficient (Wildman–Crippen LogP) is 0.902. The lowest BCUT2D eigenvalue weighted by Gasteiger charge is -2.36. The zero-order chi connectivity index (χ0) is 18.1. The first-order chi connectivity index (χ1) is 11.3. The van der Waals surface area contributed by atoms with E-state index in [4.69, 9.17) is 19.8 Å². The minimum Gasteiger partial charge on any atom is -0.473 e. The maximum atomic E-state index is 10.2. The highest BCUT2D eigenvalue weighted by Crippen LogP contribution is 2.18. The Morgan fingerprint density at radius 1 is 1.17 bits per heavy atom. The van der Waals surface area contributed by atoms with Gasteiger partial charge in [-0.25, -0.2) is 9.59 Å².